The van der Waals surface area contributed by atoms with Crippen LogP contribution in [0.4, 0.5) is 0 Å². The Bertz CT molecular complexity index is 377. The molecule has 0 unspecified atom stereocenters. The van der Waals surface area contributed by atoms with Crippen LogP contribution in [0.1, 0.15) is 55.1 Å². The number of hydrogen-bond acceptors (Lipinski definition) is 4. The first-order valence-electron chi connectivity index (χ1n) is 6.22. The number of rotatable bonds is 5. The summed E-state index contributed by atoms with van der Waals surface area (Å²) >= 11 is 1.79. The number of nitrogens with zero attached hydrogens (tertiary/aromatic N) is 1. The average molecular weight is 254 g/mol. The van der Waals surface area contributed by atoms with Gasteiger partial charge in [-0.3, -0.25) is 0 Å². The van der Waals surface area contributed by atoms with Crippen molar-refractivity contribution in [2.24, 2.45) is 0 Å². The maximum absolute atomic E-state index is 5.17. The molecule has 1 aliphatic carbocycles. The predicted octanol–water partition coefficient (Wildman–Crippen LogP) is 3.06. The van der Waals surface area contributed by atoms with Gasteiger partial charge in [0.1, 0.15) is 5.01 Å². The Morgan fingerprint density at radius 3 is 2.65 bits per heavy atom. The van der Waals surface area contributed by atoms with Gasteiger partial charge in [-0.2, -0.15) is 0 Å². The highest BCUT2D eigenvalue weighted by atomic mass is 32.1. The van der Waals surface area contributed by atoms with Gasteiger partial charge in [0.15, 0.2) is 0 Å². The van der Waals surface area contributed by atoms with Crippen molar-refractivity contribution in [3.05, 3.63) is 15.6 Å². The van der Waals surface area contributed by atoms with E-state index >= 15 is 0 Å². The summed E-state index contributed by atoms with van der Waals surface area (Å²) in [6.45, 7) is 8.15. The topological polar surface area (TPSA) is 34.1 Å². The first-order valence-corrected chi connectivity index (χ1v) is 7.03. The van der Waals surface area contributed by atoms with Gasteiger partial charge in [0.05, 0.1) is 12.3 Å². The average Bonchev–Trinajstić information content (AvgIpc) is 2.98. The van der Waals surface area contributed by atoms with E-state index in [1.807, 2.05) is 0 Å². The Morgan fingerprint density at radius 1 is 1.41 bits per heavy atom. The molecule has 2 rings (SSSR count). The molecule has 0 radical (unpaired) electrons. The molecule has 1 aliphatic rings. The fourth-order valence-electron chi connectivity index (χ4n) is 1.75. The SMILES string of the molecule is COCc1nc(C2CC2)c(CNC(C)(C)C)s1. The molecule has 0 bridgehead atoms. The van der Waals surface area contributed by atoms with Crippen molar-refractivity contribution in [3.63, 3.8) is 0 Å². The third-order valence-electron chi connectivity index (χ3n) is 2.78. The lowest BCUT2D eigenvalue weighted by atomic mass is 10.1. The van der Waals surface area contributed by atoms with Gasteiger partial charge in [-0.15, -0.1) is 11.3 Å². The monoisotopic (exact) mass is 254 g/mol. The van der Waals surface area contributed by atoms with Crippen LogP contribution in [0.5, 0.6) is 0 Å². The first-order chi connectivity index (χ1) is 7.99. The van der Waals surface area contributed by atoms with E-state index in [9.17, 15) is 0 Å². The second kappa shape index (κ2) is 5.04. The van der Waals surface area contributed by atoms with Crippen LogP contribution in [0.25, 0.3) is 0 Å². The predicted molar refractivity (Wildman–Crippen MR) is 71.4 cm³/mol. The molecule has 4 heteroatoms. The third-order valence-corrected chi connectivity index (χ3v) is 3.83. The molecule has 1 fully saturated rings. The fourth-order valence-corrected chi connectivity index (χ4v) is 2.81. The van der Waals surface area contributed by atoms with Gasteiger partial charge in [-0.05, 0) is 33.6 Å². The lowest BCUT2D eigenvalue weighted by Gasteiger charge is -2.20. The van der Waals surface area contributed by atoms with Gasteiger partial charge in [0, 0.05) is 30.0 Å². The zero-order valence-electron chi connectivity index (χ0n) is 11.2. The highest BCUT2D eigenvalue weighted by molar-refractivity contribution is 7.11. The standard InChI is InChI=1S/C13H22N2OS/c1-13(2,3)14-7-10-12(9-5-6-9)15-11(17-10)8-16-4/h9,14H,5-8H2,1-4H3. The summed E-state index contributed by atoms with van der Waals surface area (Å²) in [6, 6.07) is 0. The van der Waals surface area contributed by atoms with Crippen LogP contribution in [0.2, 0.25) is 0 Å². The molecular formula is C13H22N2OS. The Balaban J connectivity index is 2.07. The molecule has 0 spiro atoms. The second-order valence-corrected chi connectivity index (χ2v) is 6.90. The van der Waals surface area contributed by atoms with E-state index in [1.165, 1.54) is 23.4 Å². The largest absolute Gasteiger partial charge is 0.378 e. The summed E-state index contributed by atoms with van der Waals surface area (Å²) in [5.41, 5.74) is 1.48. The quantitative estimate of drug-likeness (QED) is 0.877. The van der Waals surface area contributed by atoms with Crippen molar-refractivity contribution in [1.82, 2.24) is 10.3 Å². The van der Waals surface area contributed by atoms with Gasteiger partial charge < -0.3 is 10.1 Å². The maximum Gasteiger partial charge on any atom is 0.119 e. The Morgan fingerprint density at radius 2 is 2.12 bits per heavy atom. The van der Waals surface area contributed by atoms with Crippen molar-refractivity contribution in [2.45, 2.75) is 58.2 Å². The molecular weight excluding hydrogens is 232 g/mol. The van der Waals surface area contributed by atoms with Gasteiger partial charge >= 0.3 is 0 Å². The highest BCUT2D eigenvalue weighted by Crippen LogP contribution is 2.42. The van der Waals surface area contributed by atoms with Crippen molar-refractivity contribution in [3.8, 4) is 0 Å². The molecule has 0 aliphatic heterocycles. The minimum absolute atomic E-state index is 0.159. The Labute approximate surface area is 108 Å². The fraction of sp³-hybridized carbons (Fsp3) is 0.769. The van der Waals surface area contributed by atoms with Crippen molar-refractivity contribution in [1.29, 1.82) is 0 Å². The first kappa shape index (κ1) is 13.0. The minimum atomic E-state index is 0.159. The number of ether oxygens (including phenoxy) is 1. The number of thiazole rings is 1. The summed E-state index contributed by atoms with van der Waals surface area (Å²) in [4.78, 5) is 6.11. The molecule has 1 aromatic heterocycles. The van der Waals surface area contributed by atoms with E-state index in [0.29, 0.717) is 12.5 Å². The minimum Gasteiger partial charge on any atom is -0.378 e. The Kier molecular flexibility index (Phi) is 3.85. The molecule has 1 aromatic rings. The van der Waals surface area contributed by atoms with Crippen LogP contribution >= 0.6 is 11.3 Å². The van der Waals surface area contributed by atoms with Crippen LogP contribution < -0.4 is 5.32 Å². The lowest BCUT2D eigenvalue weighted by Crippen LogP contribution is -2.35. The molecule has 17 heavy (non-hydrogen) atoms. The molecule has 3 nitrogen and oxygen atoms in total. The highest BCUT2D eigenvalue weighted by Gasteiger charge is 2.29. The zero-order valence-corrected chi connectivity index (χ0v) is 12.0. The number of hydrogen-bond donors (Lipinski definition) is 1. The van der Waals surface area contributed by atoms with E-state index in [0.717, 1.165) is 11.6 Å². The van der Waals surface area contributed by atoms with Crippen LogP contribution in [0, 0.1) is 0 Å². The molecule has 0 amide bonds. The second-order valence-electron chi connectivity index (χ2n) is 5.73. The molecule has 1 saturated carbocycles. The van der Waals surface area contributed by atoms with Crippen LogP contribution in [-0.2, 0) is 17.9 Å². The number of methoxy groups -OCH3 is 1. The van der Waals surface area contributed by atoms with Crippen LogP contribution in [0.15, 0.2) is 0 Å². The summed E-state index contributed by atoms with van der Waals surface area (Å²) in [6.07, 6.45) is 2.61. The zero-order chi connectivity index (χ0) is 12.5. The summed E-state index contributed by atoms with van der Waals surface area (Å²) in [5, 5.41) is 4.66. The summed E-state index contributed by atoms with van der Waals surface area (Å²) in [5.74, 6) is 0.716. The van der Waals surface area contributed by atoms with Gasteiger partial charge in [0.25, 0.3) is 0 Å². The van der Waals surface area contributed by atoms with E-state index < -0.39 is 0 Å². The van der Waals surface area contributed by atoms with E-state index in [-0.39, 0.29) is 5.54 Å². The molecule has 0 aromatic carbocycles. The molecule has 0 saturated heterocycles. The van der Waals surface area contributed by atoms with Gasteiger partial charge in [-0.25, -0.2) is 4.98 Å². The van der Waals surface area contributed by atoms with Gasteiger partial charge in [0.2, 0.25) is 0 Å². The van der Waals surface area contributed by atoms with Crippen molar-refractivity contribution in [2.75, 3.05) is 7.11 Å². The van der Waals surface area contributed by atoms with Crippen LogP contribution in [-0.4, -0.2) is 17.6 Å². The molecule has 1 N–H and O–H groups in total. The number of aromatic nitrogens is 1. The summed E-state index contributed by atoms with van der Waals surface area (Å²) in [7, 11) is 1.73. The third kappa shape index (κ3) is 3.76. The molecule has 96 valence electrons. The van der Waals surface area contributed by atoms with E-state index in [4.69, 9.17) is 9.72 Å². The maximum atomic E-state index is 5.17. The van der Waals surface area contributed by atoms with E-state index in [1.54, 1.807) is 18.4 Å². The van der Waals surface area contributed by atoms with Crippen LogP contribution in [0.3, 0.4) is 0 Å². The van der Waals surface area contributed by atoms with E-state index in [2.05, 4.69) is 26.1 Å². The van der Waals surface area contributed by atoms with Gasteiger partial charge in [-0.1, -0.05) is 0 Å². The summed E-state index contributed by atoms with van der Waals surface area (Å²) < 4.78 is 5.17. The lowest BCUT2D eigenvalue weighted by molar-refractivity contribution is 0.184. The smallest absolute Gasteiger partial charge is 0.119 e. The normalized spacial score (nSPS) is 16.5. The molecule has 1 heterocycles. The Hall–Kier alpha value is -0.450. The van der Waals surface area contributed by atoms with Crippen molar-refractivity contribution < 1.29 is 4.74 Å². The van der Waals surface area contributed by atoms with Crippen molar-refractivity contribution >= 4 is 11.3 Å². The number of nitrogens with one attached hydrogen (secondary N) is 1. The molecule has 0 atom stereocenters.